The summed E-state index contributed by atoms with van der Waals surface area (Å²) in [5.41, 5.74) is 0.859. The van der Waals surface area contributed by atoms with Crippen molar-refractivity contribution in [3.05, 3.63) is 42.5 Å². The zero-order valence-electron chi connectivity index (χ0n) is 12.5. The monoisotopic (exact) mass is 340 g/mol. The van der Waals surface area contributed by atoms with Gasteiger partial charge >= 0.3 is 0 Å². The topological polar surface area (TPSA) is 68.2 Å². The maximum Gasteiger partial charge on any atom is 0.241 e. The Labute approximate surface area is 139 Å². The molecule has 1 aliphatic heterocycles. The average Bonchev–Trinajstić information content (AvgIpc) is 3.16. The summed E-state index contributed by atoms with van der Waals surface area (Å²) in [4.78, 5) is 12.1. The fourth-order valence-electron chi connectivity index (χ4n) is 2.47. The van der Waals surface area contributed by atoms with Crippen molar-refractivity contribution in [1.82, 2.24) is 15.1 Å². The molecule has 6 nitrogen and oxygen atoms in total. The Kier molecular flexibility index (Phi) is 5.70. The molecule has 2 aromatic rings. The number of hydrogen-bond donors (Lipinski definition) is 2. The summed E-state index contributed by atoms with van der Waals surface area (Å²) in [7, 11) is 1.63. The standard InChI is InChI=1S/C15H17FN4O2.ClH/c1-22-11-6-13(17-8-11)15(21)19-10-7-18-20(9-10)14-5-3-2-4-12(14)16;/h2-5,7,9,11,13,17H,6,8H2,1H3,(H,19,21);1H/t11-,13-;/m0./s1. The molecule has 0 radical (unpaired) electrons. The molecule has 0 saturated carbocycles. The Balaban J connectivity index is 0.00000192. The van der Waals surface area contributed by atoms with Crippen molar-refractivity contribution in [1.29, 1.82) is 0 Å². The van der Waals surface area contributed by atoms with Crippen LogP contribution in [0.2, 0.25) is 0 Å². The second kappa shape index (κ2) is 7.54. The predicted octanol–water partition coefficient (Wildman–Crippen LogP) is 1.75. The molecule has 2 N–H and O–H groups in total. The van der Waals surface area contributed by atoms with Crippen molar-refractivity contribution < 1.29 is 13.9 Å². The number of halogens is 2. The summed E-state index contributed by atoms with van der Waals surface area (Å²) >= 11 is 0. The first-order valence-corrected chi connectivity index (χ1v) is 7.04. The second-order valence-electron chi connectivity index (χ2n) is 5.17. The number of carbonyl (C=O) groups excluding carboxylic acids is 1. The Bertz CT molecular complexity index is 679. The number of nitrogens with zero attached hydrogens (tertiary/aromatic N) is 2. The van der Waals surface area contributed by atoms with Crippen LogP contribution >= 0.6 is 12.4 Å². The maximum absolute atomic E-state index is 13.7. The Morgan fingerprint density at radius 1 is 1.48 bits per heavy atom. The highest BCUT2D eigenvalue weighted by Crippen LogP contribution is 2.16. The quantitative estimate of drug-likeness (QED) is 0.889. The molecule has 1 aliphatic rings. The van der Waals surface area contributed by atoms with E-state index < -0.39 is 0 Å². The lowest BCUT2D eigenvalue weighted by molar-refractivity contribution is -0.118. The zero-order chi connectivity index (χ0) is 15.5. The van der Waals surface area contributed by atoms with Gasteiger partial charge in [-0.05, 0) is 18.6 Å². The minimum absolute atomic E-state index is 0. The van der Waals surface area contributed by atoms with Crippen LogP contribution < -0.4 is 10.6 Å². The van der Waals surface area contributed by atoms with Gasteiger partial charge in [-0.1, -0.05) is 12.1 Å². The molecule has 0 unspecified atom stereocenters. The van der Waals surface area contributed by atoms with Crippen LogP contribution in [-0.2, 0) is 9.53 Å². The maximum atomic E-state index is 13.7. The number of methoxy groups -OCH3 is 1. The molecule has 1 aromatic heterocycles. The van der Waals surface area contributed by atoms with Crippen molar-refractivity contribution in [2.75, 3.05) is 19.0 Å². The molecule has 1 amide bonds. The molecular weight excluding hydrogens is 323 g/mol. The Morgan fingerprint density at radius 3 is 2.96 bits per heavy atom. The van der Waals surface area contributed by atoms with Gasteiger partial charge in [0.05, 0.1) is 30.2 Å². The molecule has 2 atom stereocenters. The Morgan fingerprint density at radius 2 is 2.26 bits per heavy atom. The van der Waals surface area contributed by atoms with E-state index in [-0.39, 0.29) is 36.3 Å². The lowest BCUT2D eigenvalue weighted by Crippen LogP contribution is -2.35. The van der Waals surface area contributed by atoms with E-state index in [1.54, 1.807) is 31.5 Å². The van der Waals surface area contributed by atoms with Crippen LogP contribution in [0.4, 0.5) is 10.1 Å². The van der Waals surface area contributed by atoms with E-state index in [0.29, 0.717) is 24.3 Å². The number of nitrogens with one attached hydrogen (secondary N) is 2. The number of benzene rings is 1. The van der Waals surface area contributed by atoms with Gasteiger partial charge in [-0.3, -0.25) is 4.79 Å². The molecule has 8 heteroatoms. The fourth-order valence-corrected chi connectivity index (χ4v) is 2.47. The van der Waals surface area contributed by atoms with E-state index in [2.05, 4.69) is 15.7 Å². The van der Waals surface area contributed by atoms with Gasteiger partial charge in [0.2, 0.25) is 5.91 Å². The summed E-state index contributed by atoms with van der Waals surface area (Å²) in [5.74, 6) is -0.517. The van der Waals surface area contributed by atoms with E-state index in [9.17, 15) is 9.18 Å². The molecule has 0 bridgehead atoms. The summed E-state index contributed by atoms with van der Waals surface area (Å²) in [6.45, 7) is 0.656. The number of rotatable bonds is 4. The van der Waals surface area contributed by atoms with Gasteiger partial charge in [0.25, 0.3) is 0 Å². The number of anilines is 1. The van der Waals surface area contributed by atoms with Crippen LogP contribution in [0.1, 0.15) is 6.42 Å². The molecule has 1 fully saturated rings. The van der Waals surface area contributed by atoms with Crippen molar-refractivity contribution in [2.45, 2.75) is 18.6 Å². The number of hydrogen-bond acceptors (Lipinski definition) is 4. The van der Waals surface area contributed by atoms with Crippen molar-refractivity contribution in [3.8, 4) is 5.69 Å². The molecule has 23 heavy (non-hydrogen) atoms. The summed E-state index contributed by atoms with van der Waals surface area (Å²) < 4.78 is 20.3. The number of ether oxygens (including phenoxy) is 1. The molecule has 2 heterocycles. The van der Waals surface area contributed by atoms with E-state index in [1.165, 1.54) is 16.9 Å². The van der Waals surface area contributed by atoms with Gasteiger partial charge in [-0.25, -0.2) is 9.07 Å². The highest BCUT2D eigenvalue weighted by Gasteiger charge is 2.29. The first-order chi connectivity index (χ1) is 10.7. The molecule has 3 rings (SSSR count). The third kappa shape index (κ3) is 3.87. The summed E-state index contributed by atoms with van der Waals surface area (Å²) in [6.07, 6.45) is 3.76. The van der Waals surface area contributed by atoms with E-state index >= 15 is 0 Å². The van der Waals surface area contributed by atoms with Gasteiger partial charge in [0.1, 0.15) is 11.5 Å². The van der Waals surface area contributed by atoms with Gasteiger partial charge in [-0.15, -0.1) is 12.4 Å². The Hall–Kier alpha value is -1.96. The second-order valence-corrected chi connectivity index (χ2v) is 5.17. The highest BCUT2D eigenvalue weighted by molar-refractivity contribution is 5.94. The number of para-hydroxylation sites is 1. The molecular formula is C15H18ClFN4O2. The van der Waals surface area contributed by atoms with Gasteiger partial charge in [0.15, 0.2) is 0 Å². The minimum Gasteiger partial charge on any atom is -0.380 e. The molecule has 124 valence electrons. The van der Waals surface area contributed by atoms with Crippen LogP contribution in [0.25, 0.3) is 5.69 Å². The van der Waals surface area contributed by atoms with Crippen LogP contribution in [-0.4, -0.2) is 41.5 Å². The van der Waals surface area contributed by atoms with Gasteiger partial charge in [0, 0.05) is 13.7 Å². The van der Waals surface area contributed by atoms with Crippen molar-refractivity contribution in [3.63, 3.8) is 0 Å². The third-order valence-corrected chi connectivity index (χ3v) is 3.69. The molecule has 1 saturated heterocycles. The van der Waals surface area contributed by atoms with Crippen molar-refractivity contribution in [2.24, 2.45) is 0 Å². The molecule has 1 aromatic carbocycles. The number of carbonyl (C=O) groups is 1. The third-order valence-electron chi connectivity index (χ3n) is 3.69. The highest BCUT2D eigenvalue weighted by atomic mass is 35.5. The SMILES string of the molecule is CO[C@@H]1CN[C@H](C(=O)Nc2cnn(-c3ccccc3F)c2)C1.Cl. The smallest absolute Gasteiger partial charge is 0.241 e. The zero-order valence-corrected chi connectivity index (χ0v) is 13.3. The van der Waals surface area contributed by atoms with Crippen LogP contribution in [0.15, 0.2) is 36.7 Å². The minimum atomic E-state index is -0.371. The van der Waals surface area contributed by atoms with Crippen LogP contribution in [0.3, 0.4) is 0 Å². The summed E-state index contributed by atoms with van der Waals surface area (Å²) in [6, 6.07) is 6.04. The lowest BCUT2D eigenvalue weighted by atomic mass is 10.2. The fraction of sp³-hybridized carbons (Fsp3) is 0.333. The van der Waals surface area contributed by atoms with E-state index in [0.717, 1.165) is 0 Å². The van der Waals surface area contributed by atoms with Gasteiger partial charge in [-0.2, -0.15) is 5.10 Å². The van der Waals surface area contributed by atoms with E-state index in [4.69, 9.17) is 4.74 Å². The molecule has 0 spiro atoms. The van der Waals surface area contributed by atoms with Crippen molar-refractivity contribution >= 4 is 24.0 Å². The van der Waals surface area contributed by atoms with Crippen LogP contribution in [0, 0.1) is 5.82 Å². The largest absolute Gasteiger partial charge is 0.380 e. The number of amides is 1. The first-order valence-electron chi connectivity index (χ1n) is 7.04. The number of aromatic nitrogens is 2. The summed E-state index contributed by atoms with van der Waals surface area (Å²) in [5, 5.41) is 9.95. The normalized spacial score (nSPS) is 20.1. The van der Waals surface area contributed by atoms with E-state index in [1.807, 2.05) is 0 Å². The first kappa shape index (κ1) is 17.4. The average molecular weight is 341 g/mol. The lowest BCUT2D eigenvalue weighted by Gasteiger charge is -2.09. The van der Waals surface area contributed by atoms with Crippen LogP contribution in [0.5, 0.6) is 0 Å². The predicted molar refractivity (Wildman–Crippen MR) is 86.6 cm³/mol. The van der Waals surface area contributed by atoms with Gasteiger partial charge < -0.3 is 15.4 Å². The molecule has 0 aliphatic carbocycles.